The molecule has 0 unspecified atom stereocenters. The highest BCUT2D eigenvalue weighted by Gasteiger charge is 2.35. The van der Waals surface area contributed by atoms with Crippen LogP contribution < -0.4 is 9.80 Å². The van der Waals surface area contributed by atoms with Crippen molar-refractivity contribution in [2.24, 2.45) is 0 Å². The van der Waals surface area contributed by atoms with E-state index >= 15 is 0 Å². The fourth-order valence-electron chi connectivity index (χ4n) is 4.02. The van der Waals surface area contributed by atoms with Gasteiger partial charge in [-0.15, -0.1) is 0 Å². The number of anilines is 2. The van der Waals surface area contributed by atoms with Crippen LogP contribution in [0.5, 0.6) is 0 Å². The Balaban J connectivity index is 1.57. The maximum atomic E-state index is 13.4. The van der Waals surface area contributed by atoms with Crippen molar-refractivity contribution in [1.29, 1.82) is 0 Å². The molecule has 2 aromatic carbocycles. The molecule has 4 rings (SSSR count). The Hall–Kier alpha value is -3.13. The summed E-state index contributed by atoms with van der Waals surface area (Å²) in [5.41, 5.74) is 1.48. The first kappa shape index (κ1) is 22.1. The van der Waals surface area contributed by atoms with Gasteiger partial charge in [0.1, 0.15) is 5.82 Å². The smallest absolute Gasteiger partial charge is 0.354 e. The highest BCUT2D eigenvalue weighted by molar-refractivity contribution is 5.47. The molecular formula is C24H26F3N5. The molecule has 1 fully saturated rings. The molecule has 0 atom stereocenters. The van der Waals surface area contributed by atoms with Crippen molar-refractivity contribution in [3.8, 4) is 0 Å². The van der Waals surface area contributed by atoms with E-state index in [4.69, 9.17) is 0 Å². The quantitative estimate of drug-likeness (QED) is 0.584. The van der Waals surface area contributed by atoms with E-state index in [0.717, 1.165) is 6.07 Å². The van der Waals surface area contributed by atoms with E-state index in [1.807, 2.05) is 41.3 Å². The molecule has 2 heterocycles. The number of rotatable bonds is 5. The molecule has 8 heteroatoms. The van der Waals surface area contributed by atoms with Crippen molar-refractivity contribution in [3.05, 3.63) is 83.6 Å². The molecule has 3 aromatic rings. The summed E-state index contributed by atoms with van der Waals surface area (Å²) in [5.74, 6) is 0.371. The highest BCUT2D eigenvalue weighted by atomic mass is 19.4. The van der Waals surface area contributed by atoms with Crippen LogP contribution in [-0.4, -0.2) is 55.1 Å². The summed E-state index contributed by atoms with van der Waals surface area (Å²) in [5, 5.41) is 0. The molecule has 0 saturated carbocycles. The molecule has 5 nitrogen and oxygen atoms in total. The van der Waals surface area contributed by atoms with Crippen LogP contribution in [0.25, 0.3) is 0 Å². The van der Waals surface area contributed by atoms with Gasteiger partial charge in [-0.25, -0.2) is 4.98 Å². The molecule has 1 aromatic heterocycles. The third kappa shape index (κ3) is 4.85. The number of alkyl halides is 3. The fraction of sp³-hybridized carbons (Fsp3) is 0.333. The molecule has 32 heavy (non-hydrogen) atoms. The Morgan fingerprint density at radius 1 is 0.812 bits per heavy atom. The topological polar surface area (TPSA) is 35.5 Å². The lowest BCUT2D eigenvalue weighted by Gasteiger charge is -2.40. The summed E-state index contributed by atoms with van der Waals surface area (Å²) in [7, 11) is 3.28. The van der Waals surface area contributed by atoms with Crippen LogP contribution in [0.3, 0.4) is 0 Å². The second kappa shape index (κ2) is 9.16. The molecule has 0 aliphatic carbocycles. The van der Waals surface area contributed by atoms with E-state index in [0.29, 0.717) is 32.0 Å². The first-order valence-corrected chi connectivity index (χ1v) is 10.6. The zero-order chi connectivity index (χ0) is 22.7. The first-order chi connectivity index (χ1) is 15.3. The van der Waals surface area contributed by atoms with Crippen LogP contribution in [0.1, 0.15) is 22.9 Å². The first-order valence-electron chi connectivity index (χ1n) is 10.6. The van der Waals surface area contributed by atoms with Crippen molar-refractivity contribution < 1.29 is 13.2 Å². The highest BCUT2D eigenvalue weighted by Crippen LogP contribution is 2.33. The standard InChI is InChI=1S/C24H26F3N5/c1-30(2)23-28-20(24(25,26)27)17-21(29-23)31-13-15-32(16-14-31)22(18-9-5-3-6-10-18)19-11-7-4-8-12-19/h3-12,17,22H,13-16H2,1-2H3. The third-order valence-corrected chi connectivity index (χ3v) is 5.63. The zero-order valence-electron chi connectivity index (χ0n) is 18.1. The average Bonchev–Trinajstić information content (AvgIpc) is 2.80. The number of benzene rings is 2. The molecule has 0 spiro atoms. The molecule has 1 aliphatic heterocycles. The van der Waals surface area contributed by atoms with Gasteiger partial charge in [-0.1, -0.05) is 60.7 Å². The second-order valence-electron chi connectivity index (χ2n) is 8.05. The Kier molecular flexibility index (Phi) is 6.32. The normalized spacial score (nSPS) is 15.2. The molecule has 0 N–H and O–H groups in total. The Labute approximate surface area is 186 Å². The van der Waals surface area contributed by atoms with Crippen LogP contribution in [0, 0.1) is 0 Å². The lowest BCUT2D eigenvalue weighted by molar-refractivity contribution is -0.141. The van der Waals surface area contributed by atoms with Gasteiger partial charge in [-0.3, -0.25) is 4.90 Å². The fourth-order valence-corrected chi connectivity index (χ4v) is 4.02. The van der Waals surface area contributed by atoms with Crippen molar-refractivity contribution >= 4 is 11.8 Å². The predicted molar refractivity (Wildman–Crippen MR) is 120 cm³/mol. The van der Waals surface area contributed by atoms with Crippen LogP contribution in [0.15, 0.2) is 66.7 Å². The largest absolute Gasteiger partial charge is 0.433 e. The number of hydrogen-bond acceptors (Lipinski definition) is 5. The lowest BCUT2D eigenvalue weighted by Crippen LogP contribution is -2.48. The van der Waals surface area contributed by atoms with Gasteiger partial charge in [0.2, 0.25) is 5.95 Å². The second-order valence-corrected chi connectivity index (χ2v) is 8.05. The maximum Gasteiger partial charge on any atom is 0.433 e. The lowest BCUT2D eigenvalue weighted by atomic mass is 9.96. The molecule has 0 amide bonds. The van der Waals surface area contributed by atoms with E-state index < -0.39 is 11.9 Å². The number of piperazine rings is 1. The van der Waals surface area contributed by atoms with Gasteiger partial charge in [0.15, 0.2) is 5.69 Å². The maximum absolute atomic E-state index is 13.4. The van der Waals surface area contributed by atoms with E-state index in [1.54, 1.807) is 14.1 Å². The van der Waals surface area contributed by atoms with Crippen molar-refractivity contribution in [1.82, 2.24) is 14.9 Å². The molecule has 168 valence electrons. The van der Waals surface area contributed by atoms with Crippen LogP contribution in [0.2, 0.25) is 0 Å². The van der Waals surface area contributed by atoms with Crippen LogP contribution in [0.4, 0.5) is 24.9 Å². The number of nitrogens with zero attached hydrogens (tertiary/aromatic N) is 5. The summed E-state index contributed by atoms with van der Waals surface area (Å²) in [6.07, 6.45) is -4.52. The summed E-state index contributed by atoms with van der Waals surface area (Å²) in [6, 6.07) is 21.7. The molecule has 1 saturated heterocycles. The molecule has 1 aliphatic rings. The Morgan fingerprint density at radius 3 is 1.81 bits per heavy atom. The predicted octanol–water partition coefficient (Wildman–Crippen LogP) is 4.47. The van der Waals surface area contributed by atoms with E-state index in [-0.39, 0.29) is 12.0 Å². The van der Waals surface area contributed by atoms with E-state index in [9.17, 15) is 13.2 Å². The van der Waals surface area contributed by atoms with E-state index in [1.165, 1.54) is 16.0 Å². The van der Waals surface area contributed by atoms with Gasteiger partial charge in [0.05, 0.1) is 6.04 Å². The van der Waals surface area contributed by atoms with Gasteiger partial charge in [0, 0.05) is 46.3 Å². The van der Waals surface area contributed by atoms with Gasteiger partial charge >= 0.3 is 6.18 Å². The summed E-state index contributed by atoms with van der Waals surface area (Å²) < 4.78 is 40.2. The minimum atomic E-state index is -4.52. The third-order valence-electron chi connectivity index (χ3n) is 5.63. The number of aromatic nitrogens is 2. The molecule has 0 radical (unpaired) electrons. The van der Waals surface area contributed by atoms with Gasteiger partial charge in [-0.2, -0.15) is 18.2 Å². The van der Waals surface area contributed by atoms with Crippen LogP contribution in [-0.2, 0) is 6.18 Å². The molecule has 0 bridgehead atoms. The SMILES string of the molecule is CN(C)c1nc(N2CCN(C(c3ccccc3)c3ccccc3)CC2)cc(C(F)(F)F)n1. The summed E-state index contributed by atoms with van der Waals surface area (Å²) in [4.78, 5) is 13.8. The van der Waals surface area contributed by atoms with Crippen molar-refractivity contribution in [3.63, 3.8) is 0 Å². The number of hydrogen-bond donors (Lipinski definition) is 0. The Bertz CT molecular complexity index is 977. The van der Waals surface area contributed by atoms with E-state index in [2.05, 4.69) is 39.1 Å². The van der Waals surface area contributed by atoms with Gasteiger partial charge in [-0.05, 0) is 11.1 Å². The minimum absolute atomic E-state index is 0.0590. The zero-order valence-corrected chi connectivity index (χ0v) is 18.1. The summed E-state index contributed by atoms with van der Waals surface area (Å²) in [6.45, 7) is 2.57. The molecular weight excluding hydrogens is 415 g/mol. The van der Waals surface area contributed by atoms with Gasteiger partial charge in [0.25, 0.3) is 0 Å². The monoisotopic (exact) mass is 441 g/mol. The number of halogens is 3. The van der Waals surface area contributed by atoms with Crippen molar-refractivity contribution in [2.75, 3.05) is 50.1 Å². The average molecular weight is 442 g/mol. The Morgan fingerprint density at radius 2 is 1.34 bits per heavy atom. The minimum Gasteiger partial charge on any atom is -0.354 e. The summed E-state index contributed by atoms with van der Waals surface area (Å²) >= 11 is 0. The van der Waals surface area contributed by atoms with Crippen molar-refractivity contribution in [2.45, 2.75) is 12.2 Å². The van der Waals surface area contributed by atoms with Crippen LogP contribution >= 0.6 is 0 Å². The van der Waals surface area contributed by atoms with Gasteiger partial charge < -0.3 is 9.80 Å².